The molecular weight excluding hydrogens is 254 g/mol. The van der Waals surface area contributed by atoms with Crippen LogP contribution in [0, 0.1) is 0 Å². The van der Waals surface area contributed by atoms with Gasteiger partial charge in [0.05, 0.1) is 5.01 Å². The molecule has 1 atom stereocenters. The van der Waals surface area contributed by atoms with Gasteiger partial charge in [0.25, 0.3) is 0 Å². The number of thiazole rings is 1. The van der Waals surface area contributed by atoms with E-state index < -0.39 is 0 Å². The van der Waals surface area contributed by atoms with E-state index in [1.807, 2.05) is 17.5 Å². The Morgan fingerprint density at radius 3 is 2.89 bits per heavy atom. The minimum Gasteiger partial charge on any atom is -0.308 e. The van der Waals surface area contributed by atoms with Crippen LogP contribution in [0.25, 0.3) is 0 Å². The second-order valence-electron chi connectivity index (χ2n) is 6.50. The molecule has 0 aromatic carbocycles. The minimum atomic E-state index is 0.173. The number of likely N-dealkylation sites (tertiary alicyclic amines) is 1. The van der Waals surface area contributed by atoms with Crippen molar-refractivity contribution < 1.29 is 0 Å². The van der Waals surface area contributed by atoms with Crippen LogP contribution in [0.5, 0.6) is 0 Å². The molecule has 0 bridgehead atoms. The van der Waals surface area contributed by atoms with Gasteiger partial charge in [0.15, 0.2) is 0 Å². The van der Waals surface area contributed by atoms with Crippen LogP contribution in [-0.2, 0) is 12.0 Å². The van der Waals surface area contributed by atoms with Crippen molar-refractivity contribution in [2.75, 3.05) is 19.6 Å². The fourth-order valence-corrected chi connectivity index (χ4v) is 3.41. The second-order valence-corrected chi connectivity index (χ2v) is 7.61. The third-order valence-corrected chi connectivity index (χ3v) is 5.14. The fourth-order valence-electron chi connectivity index (χ4n) is 2.49. The first kappa shape index (κ1) is 14.9. The Kier molecular flexibility index (Phi) is 4.98. The van der Waals surface area contributed by atoms with Crippen molar-refractivity contribution in [2.45, 2.75) is 58.5 Å². The molecule has 3 nitrogen and oxygen atoms in total. The molecule has 19 heavy (non-hydrogen) atoms. The van der Waals surface area contributed by atoms with E-state index in [0.29, 0.717) is 6.04 Å². The molecule has 1 N–H and O–H groups in total. The van der Waals surface area contributed by atoms with E-state index in [2.05, 4.69) is 42.9 Å². The Balaban J connectivity index is 1.83. The molecule has 1 aromatic heterocycles. The number of piperidine rings is 1. The molecule has 0 aliphatic carbocycles. The molecule has 1 unspecified atom stereocenters. The molecule has 1 aliphatic heterocycles. The van der Waals surface area contributed by atoms with E-state index in [1.165, 1.54) is 42.4 Å². The molecule has 1 aliphatic rings. The Morgan fingerprint density at radius 2 is 2.26 bits per heavy atom. The van der Waals surface area contributed by atoms with Gasteiger partial charge in [-0.15, -0.1) is 11.3 Å². The number of hydrogen-bond donors (Lipinski definition) is 1. The number of aromatic nitrogens is 1. The monoisotopic (exact) mass is 281 g/mol. The zero-order chi connectivity index (χ0) is 13.9. The lowest BCUT2D eigenvalue weighted by Crippen LogP contribution is -2.45. The van der Waals surface area contributed by atoms with Crippen LogP contribution >= 0.6 is 11.3 Å². The average molecular weight is 281 g/mol. The van der Waals surface area contributed by atoms with Gasteiger partial charge in [-0.3, -0.25) is 0 Å². The van der Waals surface area contributed by atoms with Crippen molar-refractivity contribution in [3.63, 3.8) is 0 Å². The summed E-state index contributed by atoms with van der Waals surface area (Å²) >= 11 is 1.85. The summed E-state index contributed by atoms with van der Waals surface area (Å²) in [4.78, 5) is 8.45. The highest BCUT2D eigenvalue weighted by Crippen LogP contribution is 2.26. The summed E-state index contributed by atoms with van der Waals surface area (Å²) in [6, 6.07) is 0.647. The number of rotatable bonds is 4. The zero-order valence-electron chi connectivity index (χ0n) is 12.7. The van der Waals surface area contributed by atoms with E-state index in [-0.39, 0.29) is 5.41 Å². The molecule has 1 saturated heterocycles. The highest BCUT2D eigenvalue weighted by molar-refractivity contribution is 7.11. The molecule has 0 spiro atoms. The molecule has 1 fully saturated rings. The first-order chi connectivity index (χ1) is 8.99. The van der Waals surface area contributed by atoms with Crippen molar-refractivity contribution in [1.82, 2.24) is 15.2 Å². The first-order valence-electron chi connectivity index (χ1n) is 7.40. The molecule has 2 heterocycles. The second kappa shape index (κ2) is 6.33. The standard InChI is InChI=1S/C15H27N3S/c1-5-18-8-6-7-12(11-18)16-9-13-10-17-14(19-13)15(2,3)4/h10,12,16H,5-9,11H2,1-4H3. The van der Waals surface area contributed by atoms with Crippen LogP contribution < -0.4 is 5.32 Å². The third-order valence-electron chi connectivity index (χ3n) is 3.71. The van der Waals surface area contributed by atoms with Crippen LogP contribution in [0.4, 0.5) is 0 Å². The Labute approximate surface area is 121 Å². The molecule has 0 radical (unpaired) electrons. The van der Waals surface area contributed by atoms with Crippen LogP contribution in [-0.4, -0.2) is 35.6 Å². The Hall–Kier alpha value is -0.450. The quantitative estimate of drug-likeness (QED) is 0.919. The average Bonchev–Trinajstić information content (AvgIpc) is 2.85. The first-order valence-corrected chi connectivity index (χ1v) is 8.21. The minimum absolute atomic E-state index is 0.173. The van der Waals surface area contributed by atoms with E-state index in [4.69, 9.17) is 0 Å². The summed E-state index contributed by atoms with van der Waals surface area (Å²) in [6.45, 7) is 13.5. The van der Waals surface area contributed by atoms with Gasteiger partial charge in [0.1, 0.15) is 0 Å². The smallest absolute Gasteiger partial charge is 0.0981 e. The summed E-state index contributed by atoms with van der Waals surface area (Å²) in [5.74, 6) is 0. The van der Waals surface area contributed by atoms with Crippen LogP contribution in [0.1, 0.15) is 50.4 Å². The van der Waals surface area contributed by atoms with Crippen molar-refractivity contribution in [3.05, 3.63) is 16.1 Å². The maximum Gasteiger partial charge on any atom is 0.0981 e. The van der Waals surface area contributed by atoms with E-state index in [0.717, 1.165) is 6.54 Å². The van der Waals surface area contributed by atoms with Crippen molar-refractivity contribution in [3.8, 4) is 0 Å². The maximum atomic E-state index is 4.55. The Bertz CT molecular complexity index is 394. The lowest BCUT2D eigenvalue weighted by Gasteiger charge is -2.32. The van der Waals surface area contributed by atoms with Gasteiger partial charge in [-0.25, -0.2) is 4.98 Å². The Morgan fingerprint density at radius 1 is 1.47 bits per heavy atom. The van der Waals surface area contributed by atoms with Gasteiger partial charge in [0, 0.05) is 35.6 Å². The molecular formula is C15H27N3S. The van der Waals surface area contributed by atoms with Gasteiger partial charge in [-0.2, -0.15) is 0 Å². The van der Waals surface area contributed by atoms with Crippen molar-refractivity contribution in [1.29, 1.82) is 0 Å². The predicted molar refractivity (Wildman–Crippen MR) is 82.8 cm³/mol. The van der Waals surface area contributed by atoms with E-state index in [1.54, 1.807) is 0 Å². The fraction of sp³-hybridized carbons (Fsp3) is 0.800. The summed E-state index contributed by atoms with van der Waals surface area (Å²) in [6.07, 6.45) is 4.67. The predicted octanol–water partition coefficient (Wildman–Crippen LogP) is 3.01. The van der Waals surface area contributed by atoms with Crippen LogP contribution in [0.15, 0.2) is 6.20 Å². The number of likely N-dealkylation sites (N-methyl/N-ethyl adjacent to an activating group) is 1. The molecule has 108 valence electrons. The number of hydrogen-bond acceptors (Lipinski definition) is 4. The normalized spacial score (nSPS) is 21.8. The van der Waals surface area contributed by atoms with Gasteiger partial charge < -0.3 is 10.2 Å². The van der Waals surface area contributed by atoms with Gasteiger partial charge >= 0.3 is 0 Å². The van der Waals surface area contributed by atoms with Crippen LogP contribution in [0.2, 0.25) is 0 Å². The zero-order valence-corrected chi connectivity index (χ0v) is 13.5. The van der Waals surface area contributed by atoms with Crippen molar-refractivity contribution >= 4 is 11.3 Å². The van der Waals surface area contributed by atoms with Crippen molar-refractivity contribution in [2.24, 2.45) is 0 Å². The lowest BCUT2D eigenvalue weighted by molar-refractivity contribution is 0.198. The highest BCUT2D eigenvalue weighted by Gasteiger charge is 2.20. The van der Waals surface area contributed by atoms with Gasteiger partial charge in [0.2, 0.25) is 0 Å². The highest BCUT2D eigenvalue weighted by atomic mass is 32.1. The van der Waals surface area contributed by atoms with Crippen LogP contribution in [0.3, 0.4) is 0 Å². The lowest BCUT2D eigenvalue weighted by atomic mass is 9.98. The van der Waals surface area contributed by atoms with Gasteiger partial charge in [-0.1, -0.05) is 27.7 Å². The summed E-state index contributed by atoms with van der Waals surface area (Å²) in [7, 11) is 0. The van der Waals surface area contributed by atoms with E-state index >= 15 is 0 Å². The maximum absolute atomic E-state index is 4.55. The van der Waals surface area contributed by atoms with E-state index in [9.17, 15) is 0 Å². The topological polar surface area (TPSA) is 28.2 Å². The summed E-state index contributed by atoms with van der Waals surface area (Å²) in [5.41, 5.74) is 0.173. The summed E-state index contributed by atoms with van der Waals surface area (Å²) in [5, 5.41) is 4.93. The van der Waals surface area contributed by atoms with Gasteiger partial charge in [-0.05, 0) is 25.9 Å². The SMILES string of the molecule is CCN1CCCC(NCc2cnc(C(C)(C)C)s2)C1. The summed E-state index contributed by atoms with van der Waals surface area (Å²) < 4.78 is 0. The molecule has 0 saturated carbocycles. The third kappa shape index (κ3) is 4.26. The molecule has 1 aromatic rings. The molecule has 0 amide bonds. The largest absolute Gasteiger partial charge is 0.308 e. The number of nitrogens with zero attached hydrogens (tertiary/aromatic N) is 2. The number of nitrogens with one attached hydrogen (secondary N) is 1. The molecule has 4 heteroatoms. The molecule has 2 rings (SSSR count).